The van der Waals surface area contributed by atoms with E-state index in [4.69, 9.17) is 37.9 Å². The normalized spacial score (nSPS) is 11.7. The lowest BCUT2D eigenvalue weighted by Gasteiger charge is -2.24. The highest BCUT2D eigenvalue weighted by Crippen LogP contribution is 2.55. The molecule has 10 nitrogen and oxygen atoms in total. The van der Waals surface area contributed by atoms with Gasteiger partial charge in [0.1, 0.15) is 49.4 Å². The van der Waals surface area contributed by atoms with E-state index in [-0.39, 0.29) is 0 Å². The highest BCUT2D eigenvalue weighted by atomic mass is 16.5. The number of aromatic nitrogens is 2. The third-order valence-corrected chi connectivity index (χ3v) is 20.5. The number of nitrogens with zero attached hydrogens (tertiary/aromatic N) is 2. The second-order valence-electron chi connectivity index (χ2n) is 26.5. The van der Waals surface area contributed by atoms with Gasteiger partial charge < -0.3 is 37.9 Å². The standard InChI is InChI=1S/C96H76N2O8/c1-99-46-50-103-85-57-87(105-52-48-101-3)83(95-77-40-17-9-32-69(77)91(63-26-22-44-97-59-63)70-33-10-18-41-78(70)95)55-81(85)93-73-36-13-5-28-65(73)89(66-29-6-14-37-74(66)93)61-24-21-25-62(54-61)90-67-30-7-15-38-75(67)94(76-39-16-8-31-68(76)90)82-56-84(88(106-53-49-102-4)58-86(82)104-51-47-100-2)96-79-42-19-11-34-71(79)92(64-27-23-45-98-60-64)72-35-12-20-43-80(72)96/h5-45,54-60H,46-53H2,1-4H3. The summed E-state index contributed by atoms with van der Waals surface area (Å²) in [5.74, 6) is 2.71. The van der Waals surface area contributed by atoms with E-state index in [9.17, 15) is 0 Å². The van der Waals surface area contributed by atoms with E-state index in [1.54, 1.807) is 28.4 Å². The number of pyridine rings is 2. The maximum atomic E-state index is 6.97. The van der Waals surface area contributed by atoms with Crippen molar-refractivity contribution in [3.8, 4) is 112 Å². The molecule has 0 aliphatic carbocycles. The maximum Gasteiger partial charge on any atom is 0.131 e. The molecule has 0 amide bonds. The van der Waals surface area contributed by atoms with Gasteiger partial charge in [0.25, 0.3) is 0 Å². The summed E-state index contributed by atoms with van der Waals surface area (Å²) in [5.41, 5.74) is 16.7. The Morgan fingerprint density at radius 1 is 0.198 bits per heavy atom. The number of methoxy groups -OCH3 is 4. The van der Waals surface area contributed by atoms with Gasteiger partial charge in [0.05, 0.1) is 26.4 Å². The van der Waals surface area contributed by atoms with Crippen LogP contribution in [0.5, 0.6) is 23.0 Å². The number of fused-ring (bicyclic) bond motifs is 8. The van der Waals surface area contributed by atoms with Crippen molar-refractivity contribution < 1.29 is 37.9 Å². The van der Waals surface area contributed by atoms with Crippen molar-refractivity contribution in [3.63, 3.8) is 0 Å². The third kappa shape index (κ3) is 12.1. The Bertz CT molecular complexity index is 5580. The lowest BCUT2D eigenvalue weighted by Crippen LogP contribution is -2.08. The van der Waals surface area contributed by atoms with Crippen molar-refractivity contribution in [1.82, 2.24) is 9.97 Å². The van der Waals surface area contributed by atoms with Crippen LogP contribution in [0.4, 0.5) is 0 Å². The van der Waals surface area contributed by atoms with Crippen LogP contribution in [-0.4, -0.2) is 91.3 Å². The number of benzene rings is 15. The van der Waals surface area contributed by atoms with Gasteiger partial charge in [-0.2, -0.15) is 0 Å². The van der Waals surface area contributed by atoms with Gasteiger partial charge in [0.2, 0.25) is 0 Å². The van der Waals surface area contributed by atoms with Crippen molar-refractivity contribution >= 4 is 86.2 Å². The van der Waals surface area contributed by atoms with Gasteiger partial charge in [0, 0.05) is 121 Å². The summed E-state index contributed by atoms with van der Waals surface area (Å²) < 4.78 is 50.4. The van der Waals surface area contributed by atoms with Gasteiger partial charge in [-0.05, 0) is 150 Å². The summed E-state index contributed by atoms with van der Waals surface area (Å²) >= 11 is 0. The molecular weight excluding hydrogens is 1310 g/mol. The Hall–Kier alpha value is -12.3. The lowest BCUT2D eigenvalue weighted by molar-refractivity contribution is 0.143. The van der Waals surface area contributed by atoms with Gasteiger partial charge in [-0.15, -0.1) is 0 Å². The monoisotopic (exact) mass is 1380 g/mol. The minimum atomic E-state index is 0.315. The molecule has 10 heteroatoms. The van der Waals surface area contributed by atoms with Gasteiger partial charge in [-0.3, -0.25) is 9.97 Å². The summed E-state index contributed by atoms with van der Waals surface area (Å²) in [5, 5.41) is 17.4. The molecule has 518 valence electrons. The van der Waals surface area contributed by atoms with Crippen LogP contribution in [0.25, 0.3) is 175 Å². The van der Waals surface area contributed by atoms with E-state index in [0.29, 0.717) is 75.9 Å². The molecule has 0 fully saturated rings. The summed E-state index contributed by atoms with van der Waals surface area (Å²) in [4.78, 5) is 9.21. The van der Waals surface area contributed by atoms with Gasteiger partial charge in [-0.1, -0.05) is 224 Å². The first-order valence-corrected chi connectivity index (χ1v) is 36.0. The van der Waals surface area contributed by atoms with Crippen LogP contribution in [-0.2, 0) is 18.9 Å². The molecule has 0 bridgehead atoms. The molecule has 0 aliphatic rings. The van der Waals surface area contributed by atoms with Crippen molar-refractivity contribution in [2.24, 2.45) is 0 Å². The minimum absolute atomic E-state index is 0.315. The molecule has 0 atom stereocenters. The molecule has 0 radical (unpaired) electrons. The van der Waals surface area contributed by atoms with Crippen molar-refractivity contribution in [2.45, 2.75) is 0 Å². The molecule has 106 heavy (non-hydrogen) atoms. The highest BCUT2D eigenvalue weighted by Gasteiger charge is 2.29. The highest BCUT2D eigenvalue weighted by molar-refractivity contribution is 6.27. The zero-order chi connectivity index (χ0) is 71.5. The second-order valence-corrected chi connectivity index (χ2v) is 26.5. The largest absolute Gasteiger partial charge is 0.490 e. The molecule has 0 spiro atoms. The lowest BCUT2D eigenvalue weighted by atomic mass is 9.82. The third-order valence-electron chi connectivity index (χ3n) is 20.5. The fourth-order valence-electron chi connectivity index (χ4n) is 16.1. The molecule has 0 aliphatic heterocycles. The van der Waals surface area contributed by atoms with Crippen molar-refractivity contribution in [3.05, 3.63) is 292 Å². The zero-order valence-electron chi connectivity index (χ0n) is 59.5. The van der Waals surface area contributed by atoms with Crippen LogP contribution in [0, 0.1) is 0 Å². The molecule has 17 rings (SSSR count). The van der Waals surface area contributed by atoms with Crippen LogP contribution in [0.1, 0.15) is 0 Å². The quantitative estimate of drug-likeness (QED) is 0.0430. The molecule has 0 N–H and O–H groups in total. The smallest absolute Gasteiger partial charge is 0.131 e. The fourth-order valence-corrected chi connectivity index (χ4v) is 16.1. The van der Waals surface area contributed by atoms with Crippen molar-refractivity contribution in [2.75, 3.05) is 81.3 Å². The number of ether oxygens (including phenoxy) is 8. The van der Waals surface area contributed by atoms with Crippen molar-refractivity contribution in [1.29, 1.82) is 0 Å². The van der Waals surface area contributed by atoms with E-state index in [2.05, 4.69) is 265 Å². The van der Waals surface area contributed by atoms with Crippen LogP contribution in [0.3, 0.4) is 0 Å². The topological polar surface area (TPSA) is 99.6 Å². The Morgan fingerprint density at radius 3 is 0.613 bits per heavy atom. The SMILES string of the molecule is COCCOc1cc(OCCOC)c(-c2c3ccccc3c(-c3cccc(-c4c5ccccc5c(-c5cc(-c6c7ccccc7c(-c7cccnc7)c7ccccc67)c(OCCOC)cc5OCCOC)c5ccccc45)c3)c3ccccc23)cc1-c1c2ccccc2c(-c2cccnc2)c2ccccc12. The Balaban J connectivity index is 0.879. The van der Waals surface area contributed by atoms with Gasteiger partial charge in [0.15, 0.2) is 0 Å². The molecular formula is C96H76N2O8. The Labute approximate surface area is 615 Å². The first kappa shape index (κ1) is 66.9. The molecule has 2 aromatic heterocycles. The maximum absolute atomic E-state index is 6.97. The zero-order valence-corrected chi connectivity index (χ0v) is 59.5. The first-order chi connectivity index (χ1) is 52.5. The number of rotatable bonds is 24. The molecule has 17 aromatic rings. The van der Waals surface area contributed by atoms with Gasteiger partial charge >= 0.3 is 0 Å². The van der Waals surface area contributed by atoms with E-state index in [0.717, 1.165) is 175 Å². The molecule has 0 saturated carbocycles. The summed E-state index contributed by atoms with van der Waals surface area (Å²) in [6, 6.07) is 96.4. The van der Waals surface area contributed by atoms with Crippen LogP contribution >= 0.6 is 0 Å². The van der Waals surface area contributed by atoms with Crippen LogP contribution in [0.15, 0.2) is 292 Å². The van der Waals surface area contributed by atoms with E-state index in [1.165, 1.54) is 0 Å². The second kappa shape index (κ2) is 29.8. The van der Waals surface area contributed by atoms with Gasteiger partial charge in [-0.25, -0.2) is 0 Å². The summed E-state index contributed by atoms with van der Waals surface area (Å²) in [6.07, 6.45) is 7.57. The molecule has 0 saturated heterocycles. The van der Waals surface area contributed by atoms with E-state index >= 15 is 0 Å². The molecule has 0 unspecified atom stereocenters. The predicted molar refractivity (Wildman–Crippen MR) is 435 cm³/mol. The summed E-state index contributed by atoms with van der Waals surface area (Å²) in [6.45, 7) is 2.84. The average Bonchev–Trinajstić information content (AvgIpc) is 0.726. The summed E-state index contributed by atoms with van der Waals surface area (Å²) in [7, 11) is 6.81. The molecule has 15 aromatic carbocycles. The minimum Gasteiger partial charge on any atom is -0.490 e. The Morgan fingerprint density at radius 2 is 0.406 bits per heavy atom. The predicted octanol–water partition coefficient (Wildman–Crippen LogP) is 23.1. The molecule has 2 heterocycles. The number of hydrogen-bond donors (Lipinski definition) is 0. The van der Waals surface area contributed by atoms with Crippen LogP contribution in [0.2, 0.25) is 0 Å². The van der Waals surface area contributed by atoms with E-state index < -0.39 is 0 Å². The fraction of sp³-hybridized carbons (Fsp3) is 0.125. The first-order valence-electron chi connectivity index (χ1n) is 36.0. The number of hydrogen-bond acceptors (Lipinski definition) is 10. The average molecular weight is 1390 g/mol. The van der Waals surface area contributed by atoms with Crippen LogP contribution < -0.4 is 18.9 Å². The Kier molecular flexibility index (Phi) is 18.8. The van der Waals surface area contributed by atoms with E-state index in [1.807, 2.05) is 36.9 Å².